The molecule has 0 spiro atoms. The lowest BCUT2D eigenvalue weighted by Crippen LogP contribution is -2.20. The van der Waals surface area contributed by atoms with Crippen molar-refractivity contribution in [2.24, 2.45) is 0 Å². The quantitative estimate of drug-likeness (QED) is 0.394. The summed E-state index contributed by atoms with van der Waals surface area (Å²) in [7, 11) is 0. The summed E-state index contributed by atoms with van der Waals surface area (Å²) in [6, 6.07) is 13.3. The number of hydrogen-bond donors (Lipinski definition) is 0. The molecule has 0 N–H and O–H groups in total. The number of aromatic nitrogens is 8. The second-order valence-electron chi connectivity index (χ2n) is 7.26. The van der Waals surface area contributed by atoms with E-state index in [2.05, 4.69) is 36.7 Å². The smallest absolute Gasteiger partial charge is 0.214 e. The highest BCUT2D eigenvalue weighted by Crippen LogP contribution is 2.29. The van der Waals surface area contributed by atoms with Gasteiger partial charge in [-0.2, -0.15) is 10.4 Å². The minimum atomic E-state index is -0.443. The minimum absolute atomic E-state index is 0.217. The van der Waals surface area contributed by atoms with Gasteiger partial charge in [0.2, 0.25) is 5.88 Å². The summed E-state index contributed by atoms with van der Waals surface area (Å²) in [6.45, 7) is 2.36. The van der Waals surface area contributed by atoms with Crippen LogP contribution >= 0.6 is 0 Å². The van der Waals surface area contributed by atoms with Crippen LogP contribution in [0.15, 0.2) is 61.2 Å². The molecular weight excluding hydrogens is 425 g/mol. The van der Waals surface area contributed by atoms with Crippen molar-refractivity contribution in [1.82, 2.24) is 39.8 Å². The molecule has 33 heavy (non-hydrogen) atoms. The van der Waals surface area contributed by atoms with E-state index in [1.54, 1.807) is 33.7 Å². The van der Waals surface area contributed by atoms with Crippen LogP contribution in [0.5, 0.6) is 5.88 Å². The van der Waals surface area contributed by atoms with E-state index in [0.717, 1.165) is 0 Å². The lowest BCUT2D eigenvalue weighted by atomic mass is 10.0. The summed E-state index contributed by atoms with van der Waals surface area (Å²) in [5, 5.41) is 24.8. The van der Waals surface area contributed by atoms with Gasteiger partial charge in [0.05, 0.1) is 35.8 Å². The second-order valence-corrected chi connectivity index (χ2v) is 7.26. The van der Waals surface area contributed by atoms with E-state index in [0.29, 0.717) is 46.2 Å². The van der Waals surface area contributed by atoms with Gasteiger partial charge in [0.15, 0.2) is 5.65 Å². The molecule has 0 radical (unpaired) electrons. The molecule has 1 unspecified atom stereocenters. The van der Waals surface area contributed by atoms with Gasteiger partial charge in [0.1, 0.15) is 18.2 Å². The number of halogens is 1. The first-order chi connectivity index (χ1) is 16.1. The first-order valence-corrected chi connectivity index (χ1v) is 10.00. The van der Waals surface area contributed by atoms with Crippen LogP contribution in [-0.2, 0) is 6.54 Å². The Labute approximate surface area is 186 Å². The largest absolute Gasteiger partial charge is 0.473 e. The predicted octanol–water partition coefficient (Wildman–Crippen LogP) is 2.92. The van der Waals surface area contributed by atoms with Crippen LogP contribution in [0.2, 0.25) is 0 Å². The summed E-state index contributed by atoms with van der Waals surface area (Å²) < 4.78 is 22.9. The maximum absolute atomic E-state index is 13.9. The van der Waals surface area contributed by atoms with E-state index in [1.165, 1.54) is 24.5 Å². The molecule has 0 saturated carbocycles. The third-order valence-electron chi connectivity index (χ3n) is 4.90. The van der Waals surface area contributed by atoms with Gasteiger partial charge in [-0.15, -0.1) is 5.10 Å². The van der Waals surface area contributed by atoms with Crippen molar-refractivity contribution in [3.8, 4) is 34.5 Å². The zero-order chi connectivity index (χ0) is 22.8. The van der Waals surface area contributed by atoms with Crippen molar-refractivity contribution in [2.75, 3.05) is 0 Å². The average molecular weight is 441 g/mol. The lowest BCUT2D eigenvalue weighted by molar-refractivity contribution is 0.185. The zero-order valence-corrected chi connectivity index (χ0v) is 17.4. The van der Waals surface area contributed by atoms with E-state index in [9.17, 15) is 9.65 Å². The Hall–Kier alpha value is -4.72. The number of nitrogens with zero attached hydrogens (tertiary/aromatic N) is 9. The second kappa shape index (κ2) is 8.43. The fraction of sp³-hybridized carbons (Fsp3) is 0.136. The molecule has 4 aromatic heterocycles. The first-order valence-electron chi connectivity index (χ1n) is 10.00. The fourth-order valence-corrected chi connectivity index (χ4v) is 3.43. The monoisotopic (exact) mass is 441 g/mol. The third kappa shape index (κ3) is 4.09. The lowest BCUT2D eigenvalue weighted by Gasteiger charge is -2.13. The van der Waals surface area contributed by atoms with Crippen LogP contribution < -0.4 is 4.74 Å². The number of rotatable bonds is 6. The summed E-state index contributed by atoms with van der Waals surface area (Å²) in [5.74, 6) is -0.0119. The Morgan fingerprint density at radius 1 is 1.12 bits per heavy atom. The third-order valence-corrected chi connectivity index (χ3v) is 4.90. The summed E-state index contributed by atoms with van der Waals surface area (Å²) >= 11 is 0. The number of tetrazole rings is 1. The molecule has 162 valence electrons. The van der Waals surface area contributed by atoms with Gasteiger partial charge in [-0.25, -0.2) is 23.6 Å². The Morgan fingerprint density at radius 3 is 2.82 bits per heavy atom. The fourth-order valence-electron chi connectivity index (χ4n) is 3.43. The molecule has 0 saturated heterocycles. The Kier molecular flexibility index (Phi) is 5.16. The molecule has 10 nitrogen and oxygen atoms in total. The van der Waals surface area contributed by atoms with Gasteiger partial charge in [-0.3, -0.25) is 0 Å². The zero-order valence-electron chi connectivity index (χ0n) is 17.4. The molecule has 0 aliphatic carbocycles. The average Bonchev–Trinajstić information content (AvgIpc) is 3.48. The van der Waals surface area contributed by atoms with Crippen molar-refractivity contribution in [1.29, 1.82) is 5.26 Å². The normalized spacial score (nSPS) is 11.9. The minimum Gasteiger partial charge on any atom is -0.473 e. The first kappa shape index (κ1) is 20.2. The van der Waals surface area contributed by atoms with Gasteiger partial charge in [0, 0.05) is 23.4 Å². The number of nitriles is 1. The molecule has 0 fully saturated rings. The van der Waals surface area contributed by atoms with Crippen molar-refractivity contribution < 1.29 is 9.13 Å². The van der Waals surface area contributed by atoms with Crippen LogP contribution in [0, 0.1) is 17.1 Å². The van der Waals surface area contributed by atoms with Crippen LogP contribution in [0.4, 0.5) is 4.39 Å². The van der Waals surface area contributed by atoms with Crippen LogP contribution in [-0.4, -0.2) is 45.9 Å². The number of fused-ring (bicyclic) bond motifs is 1. The van der Waals surface area contributed by atoms with Crippen LogP contribution in [0.3, 0.4) is 0 Å². The summed E-state index contributed by atoms with van der Waals surface area (Å²) in [5.41, 5.74) is 2.97. The molecule has 0 bridgehead atoms. The molecule has 5 rings (SSSR count). The van der Waals surface area contributed by atoms with E-state index < -0.39 is 5.82 Å². The highest BCUT2D eigenvalue weighted by molar-refractivity contribution is 5.81. The summed E-state index contributed by atoms with van der Waals surface area (Å²) in [4.78, 5) is 9.25. The molecule has 1 atom stereocenters. The van der Waals surface area contributed by atoms with Gasteiger partial charge in [-0.1, -0.05) is 6.07 Å². The number of pyridine rings is 1. The number of benzene rings is 1. The van der Waals surface area contributed by atoms with Crippen LogP contribution in [0.25, 0.3) is 28.2 Å². The van der Waals surface area contributed by atoms with Crippen molar-refractivity contribution in [3.05, 3.63) is 72.6 Å². The topological polar surface area (TPSA) is 120 Å². The van der Waals surface area contributed by atoms with Crippen molar-refractivity contribution in [2.45, 2.75) is 19.6 Å². The Balaban J connectivity index is 1.48. The van der Waals surface area contributed by atoms with Gasteiger partial charge < -0.3 is 4.74 Å². The molecule has 0 amide bonds. The van der Waals surface area contributed by atoms with Gasteiger partial charge in [-0.05, 0) is 47.7 Å². The molecule has 4 heterocycles. The van der Waals surface area contributed by atoms with E-state index >= 15 is 0 Å². The SMILES string of the molecule is CC(Cn1cnnn1)Oc1cccc(-c2ccn3ncc(-c4cc(F)ccc4C#N)c3n2)n1. The molecule has 0 aliphatic rings. The maximum Gasteiger partial charge on any atom is 0.214 e. The van der Waals surface area contributed by atoms with E-state index in [4.69, 9.17) is 4.74 Å². The maximum atomic E-state index is 13.9. The van der Waals surface area contributed by atoms with Crippen molar-refractivity contribution in [3.63, 3.8) is 0 Å². The van der Waals surface area contributed by atoms with E-state index in [-0.39, 0.29) is 6.10 Å². The van der Waals surface area contributed by atoms with Gasteiger partial charge in [0.25, 0.3) is 0 Å². The molecule has 0 aliphatic heterocycles. The predicted molar refractivity (Wildman–Crippen MR) is 114 cm³/mol. The standard InChI is InChI=1S/C22H16FN9O/c1-14(12-31-13-25-29-30-31)33-21-4-2-3-19(27-21)20-7-8-32-22(28-20)18(11-26-32)17-9-16(23)6-5-15(17)10-24/h2-9,11,13-14H,12H2,1H3. The number of hydrogen-bond acceptors (Lipinski definition) is 8. The van der Waals surface area contributed by atoms with E-state index in [1.807, 2.05) is 19.1 Å². The van der Waals surface area contributed by atoms with Crippen molar-refractivity contribution >= 4 is 5.65 Å². The number of ether oxygens (including phenoxy) is 1. The summed E-state index contributed by atoms with van der Waals surface area (Å²) in [6.07, 6.45) is 4.60. The highest BCUT2D eigenvalue weighted by atomic mass is 19.1. The Bertz CT molecular complexity index is 1470. The Morgan fingerprint density at radius 2 is 2.00 bits per heavy atom. The molecule has 11 heteroatoms. The van der Waals surface area contributed by atoms with Gasteiger partial charge >= 0.3 is 0 Å². The molecule has 5 aromatic rings. The van der Waals surface area contributed by atoms with Crippen LogP contribution in [0.1, 0.15) is 12.5 Å². The molecule has 1 aromatic carbocycles. The highest BCUT2D eigenvalue weighted by Gasteiger charge is 2.15. The molecular formula is C22H16FN9O.